The van der Waals surface area contributed by atoms with Gasteiger partial charge in [0.2, 0.25) is 17.7 Å². The van der Waals surface area contributed by atoms with Crippen LogP contribution < -0.4 is 17.2 Å². The van der Waals surface area contributed by atoms with Crippen LogP contribution in [0.4, 0.5) is 0 Å². The average Bonchev–Trinajstić information content (AvgIpc) is 2.66. The first-order chi connectivity index (χ1) is 12.9. The van der Waals surface area contributed by atoms with Crippen molar-refractivity contribution in [2.24, 2.45) is 17.2 Å². The Morgan fingerprint density at radius 3 is 0.963 bits per heavy atom. The van der Waals surface area contributed by atoms with Gasteiger partial charge in [-0.3, -0.25) is 14.4 Å². The first-order valence-corrected chi connectivity index (χ1v) is 8.21. The quantitative estimate of drug-likeness (QED) is 0.487. The van der Waals surface area contributed by atoms with Gasteiger partial charge >= 0.3 is 0 Å². The number of benzene rings is 4. The van der Waals surface area contributed by atoms with Gasteiger partial charge in [-0.15, -0.1) is 0 Å². The van der Waals surface area contributed by atoms with E-state index in [0.717, 1.165) is 0 Å². The molecule has 6 N–H and O–H groups in total. The van der Waals surface area contributed by atoms with E-state index in [-0.39, 0.29) is 0 Å². The monoisotopic (exact) mass is 357 g/mol. The first-order valence-electron chi connectivity index (χ1n) is 8.21. The van der Waals surface area contributed by atoms with Crippen LogP contribution in [0.2, 0.25) is 0 Å². The Labute approximate surface area is 153 Å². The molecule has 0 atom stereocenters. The van der Waals surface area contributed by atoms with E-state index in [9.17, 15) is 14.4 Å². The second kappa shape index (κ2) is 5.81. The third-order valence-electron chi connectivity index (χ3n) is 4.80. The van der Waals surface area contributed by atoms with Gasteiger partial charge < -0.3 is 17.2 Å². The number of primary amides is 3. The van der Waals surface area contributed by atoms with E-state index in [2.05, 4.69) is 0 Å². The van der Waals surface area contributed by atoms with E-state index in [0.29, 0.717) is 49.0 Å². The molecule has 4 aromatic rings. The van der Waals surface area contributed by atoms with Gasteiger partial charge in [0.25, 0.3) is 0 Å². The van der Waals surface area contributed by atoms with Crippen LogP contribution in [0.25, 0.3) is 32.3 Å². The number of rotatable bonds is 3. The van der Waals surface area contributed by atoms with Crippen molar-refractivity contribution in [1.82, 2.24) is 0 Å². The maximum atomic E-state index is 12.1. The molecule has 0 heterocycles. The molecule has 132 valence electrons. The van der Waals surface area contributed by atoms with Gasteiger partial charge in [0.15, 0.2) is 0 Å². The molecule has 4 aromatic carbocycles. The number of carbonyl (C=O) groups excluding carboxylic acids is 3. The molecule has 27 heavy (non-hydrogen) atoms. The van der Waals surface area contributed by atoms with Crippen molar-refractivity contribution in [2.45, 2.75) is 0 Å². The predicted molar refractivity (Wildman–Crippen MR) is 105 cm³/mol. The molecular formula is C21H15N3O3. The molecule has 6 nitrogen and oxygen atoms in total. The predicted octanol–water partition coefficient (Wildman–Crippen LogP) is 2.44. The molecule has 0 saturated carbocycles. The van der Waals surface area contributed by atoms with Gasteiger partial charge in [0.1, 0.15) is 0 Å². The maximum Gasteiger partial charge on any atom is 0.249 e. The minimum atomic E-state index is -0.609. The average molecular weight is 357 g/mol. The summed E-state index contributed by atoms with van der Waals surface area (Å²) in [6.45, 7) is 0. The minimum absolute atomic E-state index is 0.292. The lowest BCUT2D eigenvalue weighted by Gasteiger charge is -2.16. The zero-order valence-electron chi connectivity index (χ0n) is 14.2. The van der Waals surface area contributed by atoms with Crippen molar-refractivity contribution in [3.63, 3.8) is 0 Å². The Morgan fingerprint density at radius 1 is 0.481 bits per heavy atom. The summed E-state index contributed by atoms with van der Waals surface area (Å²) in [5, 5.41) is 3.65. The van der Waals surface area contributed by atoms with E-state index in [1.165, 1.54) is 0 Å². The molecule has 0 fully saturated rings. The van der Waals surface area contributed by atoms with Gasteiger partial charge in [0, 0.05) is 32.8 Å². The Balaban J connectivity index is 2.47. The van der Waals surface area contributed by atoms with Crippen LogP contribution in [0.3, 0.4) is 0 Å². The fraction of sp³-hybridized carbons (Fsp3) is 0. The number of hydrogen-bond acceptors (Lipinski definition) is 3. The summed E-state index contributed by atoms with van der Waals surface area (Å²) in [6.07, 6.45) is 0. The molecule has 0 aromatic heterocycles. The van der Waals surface area contributed by atoms with Crippen LogP contribution in [0.15, 0.2) is 54.6 Å². The summed E-state index contributed by atoms with van der Waals surface area (Å²) >= 11 is 0. The fourth-order valence-electron chi connectivity index (χ4n) is 3.77. The highest BCUT2D eigenvalue weighted by molar-refractivity contribution is 6.34. The van der Waals surface area contributed by atoms with Crippen LogP contribution in [0.5, 0.6) is 0 Å². The van der Waals surface area contributed by atoms with Crippen LogP contribution >= 0.6 is 0 Å². The molecule has 4 rings (SSSR count). The largest absolute Gasteiger partial charge is 0.366 e. The first kappa shape index (κ1) is 16.5. The number of nitrogens with two attached hydrogens (primary N) is 3. The van der Waals surface area contributed by atoms with Crippen LogP contribution in [-0.2, 0) is 0 Å². The van der Waals surface area contributed by atoms with E-state index >= 15 is 0 Å². The lowest BCUT2D eigenvalue weighted by Crippen LogP contribution is -2.14. The molecule has 0 aliphatic carbocycles. The van der Waals surface area contributed by atoms with Gasteiger partial charge in [-0.05, 0) is 34.4 Å². The van der Waals surface area contributed by atoms with Gasteiger partial charge in [-0.25, -0.2) is 0 Å². The fourth-order valence-corrected chi connectivity index (χ4v) is 3.77. The summed E-state index contributed by atoms with van der Waals surface area (Å²) < 4.78 is 0. The highest BCUT2D eigenvalue weighted by Gasteiger charge is 2.20. The lowest BCUT2D eigenvalue weighted by atomic mass is 9.87. The van der Waals surface area contributed by atoms with E-state index in [1.807, 2.05) is 0 Å². The summed E-state index contributed by atoms with van der Waals surface area (Å²) in [5.41, 5.74) is 17.6. The second-order valence-electron chi connectivity index (χ2n) is 6.28. The normalized spacial score (nSPS) is 11.1. The molecule has 0 spiro atoms. The second-order valence-corrected chi connectivity index (χ2v) is 6.28. The molecule has 3 amide bonds. The highest BCUT2D eigenvalue weighted by Crippen LogP contribution is 2.39. The standard InChI is InChI=1S/C21H15N3O3/c22-19(25)13-7-1-4-10-16(13)11-5-2-9-15(21(24)27)18(11)12-6-3-8-14(17(10)12)20(23)26/h1-9H,(H2,22,25)(H2,23,26)(H2,24,27). The minimum Gasteiger partial charge on any atom is -0.366 e. The Hall–Kier alpha value is -3.93. The summed E-state index contributed by atoms with van der Waals surface area (Å²) in [6, 6.07) is 15.3. The van der Waals surface area contributed by atoms with Crippen LogP contribution in [0, 0.1) is 0 Å². The van der Waals surface area contributed by atoms with Gasteiger partial charge in [-0.1, -0.05) is 36.4 Å². The van der Waals surface area contributed by atoms with E-state index < -0.39 is 17.7 Å². The van der Waals surface area contributed by atoms with Gasteiger partial charge in [-0.2, -0.15) is 0 Å². The van der Waals surface area contributed by atoms with Crippen LogP contribution in [-0.4, -0.2) is 17.7 Å². The SMILES string of the molecule is NC(=O)c1cccc2c1c1cccc(C(N)=O)c1c1cccc(C(N)=O)c21. The number of amides is 3. The van der Waals surface area contributed by atoms with Crippen molar-refractivity contribution in [1.29, 1.82) is 0 Å². The Kier molecular flexibility index (Phi) is 3.56. The molecule has 0 radical (unpaired) electrons. The molecule has 0 saturated heterocycles. The molecular weight excluding hydrogens is 342 g/mol. The smallest absolute Gasteiger partial charge is 0.249 e. The number of hydrogen-bond donors (Lipinski definition) is 3. The summed E-state index contributed by atoms with van der Waals surface area (Å²) in [4.78, 5) is 36.2. The third kappa shape index (κ3) is 2.31. The van der Waals surface area contributed by atoms with Gasteiger partial charge in [0.05, 0.1) is 0 Å². The molecule has 0 bridgehead atoms. The summed E-state index contributed by atoms with van der Waals surface area (Å²) in [5.74, 6) is -1.83. The Morgan fingerprint density at radius 2 is 0.741 bits per heavy atom. The van der Waals surface area contributed by atoms with Crippen LogP contribution in [0.1, 0.15) is 31.1 Å². The maximum absolute atomic E-state index is 12.1. The van der Waals surface area contributed by atoms with Crippen molar-refractivity contribution in [3.05, 3.63) is 71.3 Å². The third-order valence-corrected chi connectivity index (χ3v) is 4.80. The molecule has 0 aliphatic heterocycles. The van der Waals surface area contributed by atoms with E-state index in [4.69, 9.17) is 17.2 Å². The van der Waals surface area contributed by atoms with Crippen molar-refractivity contribution < 1.29 is 14.4 Å². The Bertz CT molecular complexity index is 1120. The van der Waals surface area contributed by atoms with Crippen molar-refractivity contribution >= 4 is 50.0 Å². The zero-order chi connectivity index (χ0) is 19.3. The summed E-state index contributed by atoms with van der Waals surface area (Å²) in [7, 11) is 0. The van der Waals surface area contributed by atoms with Crippen molar-refractivity contribution in [3.8, 4) is 0 Å². The topological polar surface area (TPSA) is 129 Å². The molecule has 0 unspecified atom stereocenters. The highest BCUT2D eigenvalue weighted by atomic mass is 16.2. The zero-order valence-corrected chi connectivity index (χ0v) is 14.2. The lowest BCUT2D eigenvalue weighted by molar-refractivity contribution is 0.0993. The molecule has 6 heteroatoms. The van der Waals surface area contributed by atoms with E-state index in [1.54, 1.807) is 54.6 Å². The molecule has 0 aliphatic rings. The number of fused-ring (bicyclic) bond motifs is 6. The van der Waals surface area contributed by atoms with Crippen molar-refractivity contribution in [2.75, 3.05) is 0 Å². The number of carbonyl (C=O) groups is 3.